The summed E-state index contributed by atoms with van der Waals surface area (Å²) in [5.41, 5.74) is 5.26. The Labute approximate surface area is 95.6 Å². The monoisotopic (exact) mass is 250 g/mol. The third kappa shape index (κ3) is 3.71. The summed E-state index contributed by atoms with van der Waals surface area (Å²) in [6.45, 7) is 3.42. The number of hydrogen-bond acceptors (Lipinski definition) is 4. The molecule has 1 atom stereocenters. The zero-order valence-corrected chi connectivity index (χ0v) is 10.1. The van der Waals surface area contributed by atoms with Crippen LogP contribution >= 0.6 is 0 Å². The van der Waals surface area contributed by atoms with Crippen LogP contribution in [0.25, 0.3) is 0 Å². The third-order valence-electron chi connectivity index (χ3n) is 2.41. The van der Waals surface area contributed by atoms with Crippen molar-refractivity contribution in [2.45, 2.75) is 6.92 Å². The number of ether oxygens (including phenoxy) is 1. The number of nitrogens with one attached hydrogen (secondary N) is 2. The van der Waals surface area contributed by atoms with Crippen molar-refractivity contribution in [2.24, 2.45) is 11.7 Å². The van der Waals surface area contributed by atoms with E-state index in [1.54, 1.807) is 6.92 Å². The molecule has 0 radical (unpaired) electrons. The van der Waals surface area contributed by atoms with Gasteiger partial charge in [0.15, 0.2) is 0 Å². The van der Waals surface area contributed by atoms with E-state index in [1.807, 2.05) is 0 Å². The maximum atomic E-state index is 11.8. The van der Waals surface area contributed by atoms with Gasteiger partial charge in [0.1, 0.15) is 0 Å². The van der Waals surface area contributed by atoms with Gasteiger partial charge in [-0.3, -0.25) is 5.41 Å². The Hall–Kier alpha value is -0.700. The average Bonchev–Trinajstić information content (AvgIpc) is 2.27. The lowest BCUT2D eigenvalue weighted by atomic mass is 10.2. The van der Waals surface area contributed by atoms with Crippen LogP contribution in [0.2, 0.25) is 0 Å². The summed E-state index contributed by atoms with van der Waals surface area (Å²) in [6, 6.07) is 0. The topological polar surface area (TPSA) is 109 Å². The van der Waals surface area contributed by atoms with E-state index in [4.69, 9.17) is 15.9 Å². The van der Waals surface area contributed by atoms with Crippen molar-refractivity contribution in [3.8, 4) is 0 Å². The maximum absolute atomic E-state index is 11.8. The van der Waals surface area contributed by atoms with E-state index < -0.39 is 10.2 Å². The Bertz CT molecular complexity index is 337. The Kier molecular flexibility index (Phi) is 4.66. The lowest BCUT2D eigenvalue weighted by molar-refractivity contribution is 0.0725. The molecule has 1 saturated heterocycles. The standard InChI is InChI=1S/C8H18N4O3S/c1-7(8(9)10)6-11-16(13,14)12-2-4-15-5-3-12/h7,11H,2-6H2,1H3,(H3,9,10). The molecule has 0 saturated carbocycles. The number of nitrogens with two attached hydrogens (primary N) is 1. The Morgan fingerprint density at radius 1 is 1.56 bits per heavy atom. The van der Waals surface area contributed by atoms with Crippen LogP contribution in [0.5, 0.6) is 0 Å². The molecule has 7 nitrogen and oxygen atoms in total. The van der Waals surface area contributed by atoms with E-state index in [0.717, 1.165) is 0 Å². The molecule has 0 aliphatic carbocycles. The second-order valence-corrected chi connectivity index (χ2v) is 5.48. The molecule has 1 aliphatic heterocycles. The van der Waals surface area contributed by atoms with Crippen LogP contribution in [-0.4, -0.2) is 51.4 Å². The molecular formula is C8H18N4O3S. The van der Waals surface area contributed by atoms with Gasteiger partial charge in [-0.05, 0) is 0 Å². The smallest absolute Gasteiger partial charge is 0.279 e. The van der Waals surface area contributed by atoms with Gasteiger partial charge >= 0.3 is 0 Å². The van der Waals surface area contributed by atoms with Crippen molar-refractivity contribution in [1.82, 2.24) is 9.03 Å². The van der Waals surface area contributed by atoms with Crippen molar-refractivity contribution >= 4 is 16.0 Å². The van der Waals surface area contributed by atoms with Crippen LogP contribution < -0.4 is 10.5 Å². The van der Waals surface area contributed by atoms with Gasteiger partial charge in [0, 0.05) is 25.6 Å². The molecule has 0 amide bonds. The molecule has 16 heavy (non-hydrogen) atoms. The predicted molar refractivity (Wildman–Crippen MR) is 60.4 cm³/mol. The summed E-state index contributed by atoms with van der Waals surface area (Å²) in [5.74, 6) is -0.319. The van der Waals surface area contributed by atoms with Gasteiger partial charge in [-0.2, -0.15) is 12.7 Å². The van der Waals surface area contributed by atoms with Gasteiger partial charge in [-0.1, -0.05) is 6.92 Å². The fraction of sp³-hybridized carbons (Fsp3) is 0.875. The van der Waals surface area contributed by atoms with Gasteiger partial charge in [0.05, 0.1) is 19.0 Å². The van der Waals surface area contributed by atoms with Gasteiger partial charge in [-0.15, -0.1) is 0 Å². The Morgan fingerprint density at radius 2 is 2.12 bits per heavy atom. The minimum absolute atomic E-state index is 0.0234. The highest BCUT2D eigenvalue weighted by molar-refractivity contribution is 7.87. The zero-order chi connectivity index (χ0) is 12.2. The molecule has 0 spiro atoms. The second kappa shape index (κ2) is 5.58. The van der Waals surface area contributed by atoms with Gasteiger partial charge in [0.25, 0.3) is 10.2 Å². The summed E-state index contributed by atoms with van der Waals surface area (Å²) in [4.78, 5) is 0. The van der Waals surface area contributed by atoms with Crippen LogP contribution in [0, 0.1) is 11.3 Å². The molecular weight excluding hydrogens is 232 g/mol. The van der Waals surface area contributed by atoms with Crippen LogP contribution in [0.4, 0.5) is 0 Å². The number of morpholine rings is 1. The van der Waals surface area contributed by atoms with Crippen molar-refractivity contribution in [1.29, 1.82) is 5.41 Å². The first-order valence-corrected chi connectivity index (χ1v) is 6.54. The molecule has 1 aliphatic rings. The Balaban J connectivity index is 2.47. The lowest BCUT2D eigenvalue weighted by Gasteiger charge is -2.26. The SMILES string of the molecule is CC(CNS(=O)(=O)N1CCOCC1)C(=N)N. The first kappa shape index (κ1) is 13.4. The molecule has 4 N–H and O–H groups in total. The van der Waals surface area contributed by atoms with Crippen LogP contribution in [0.1, 0.15) is 6.92 Å². The zero-order valence-electron chi connectivity index (χ0n) is 9.27. The molecule has 1 heterocycles. The van der Waals surface area contributed by atoms with Crippen molar-refractivity contribution in [2.75, 3.05) is 32.8 Å². The second-order valence-electron chi connectivity index (χ2n) is 3.72. The van der Waals surface area contributed by atoms with Gasteiger partial charge in [0.2, 0.25) is 0 Å². The quantitative estimate of drug-likeness (QED) is 0.417. The largest absolute Gasteiger partial charge is 0.387 e. The van der Waals surface area contributed by atoms with E-state index in [2.05, 4.69) is 4.72 Å². The number of amidine groups is 1. The fourth-order valence-electron chi connectivity index (χ4n) is 1.22. The molecule has 0 bridgehead atoms. The first-order valence-electron chi connectivity index (χ1n) is 5.10. The summed E-state index contributed by atoms with van der Waals surface area (Å²) < 4.78 is 32.4. The normalized spacial score (nSPS) is 20.6. The Morgan fingerprint density at radius 3 is 2.62 bits per heavy atom. The molecule has 0 aromatic rings. The van der Waals surface area contributed by atoms with Crippen molar-refractivity contribution in [3.05, 3.63) is 0 Å². The molecule has 1 rings (SSSR count). The molecule has 0 aromatic carbocycles. The number of hydrogen-bond donors (Lipinski definition) is 3. The third-order valence-corrected chi connectivity index (χ3v) is 3.99. The van der Waals surface area contributed by atoms with Crippen LogP contribution in [-0.2, 0) is 14.9 Å². The van der Waals surface area contributed by atoms with Gasteiger partial charge in [-0.25, -0.2) is 4.72 Å². The number of rotatable bonds is 5. The average molecular weight is 250 g/mol. The predicted octanol–water partition coefficient (Wildman–Crippen LogP) is -1.27. The molecule has 1 unspecified atom stereocenters. The van der Waals surface area contributed by atoms with E-state index in [0.29, 0.717) is 26.3 Å². The fourth-order valence-corrected chi connectivity index (χ4v) is 2.49. The highest BCUT2D eigenvalue weighted by Gasteiger charge is 2.24. The van der Waals surface area contributed by atoms with E-state index in [1.165, 1.54) is 4.31 Å². The molecule has 1 fully saturated rings. The van der Waals surface area contributed by atoms with Crippen molar-refractivity contribution < 1.29 is 13.2 Å². The number of nitrogens with zero attached hydrogens (tertiary/aromatic N) is 1. The van der Waals surface area contributed by atoms with E-state index in [-0.39, 0.29) is 18.3 Å². The van der Waals surface area contributed by atoms with Crippen LogP contribution in [0.3, 0.4) is 0 Å². The van der Waals surface area contributed by atoms with Crippen molar-refractivity contribution in [3.63, 3.8) is 0 Å². The molecule has 8 heteroatoms. The van der Waals surface area contributed by atoms with Gasteiger partial charge < -0.3 is 10.5 Å². The summed E-state index contributed by atoms with van der Waals surface area (Å²) in [7, 11) is -3.46. The van der Waals surface area contributed by atoms with Crippen LogP contribution in [0.15, 0.2) is 0 Å². The molecule has 0 aromatic heterocycles. The highest BCUT2D eigenvalue weighted by Crippen LogP contribution is 2.03. The minimum Gasteiger partial charge on any atom is -0.387 e. The van der Waals surface area contributed by atoms with E-state index >= 15 is 0 Å². The summed E-state index contributed by atoms with van der Waals surface area (Å²) >= 11 is 0. The van der Waals surface area contributed by atoms with E-state index in [9.17, 15) is 8.42 Å². The highest BCUT2D eigenvalue weighted by atomic mass is 32.2. The first-order chi connectivity index (χ1) is 7.43. The summed E-state index contributed by atoms with van der Waals surface area (Å²) in [6.07, 6.45) is 0. The minimum atomic E-state index is -3.46. The summed E-state index contributed by atoms with van der Waals surface area (Å²) in [5, 5.41) is 7.16. The lowest BCUT2D eigenvalue weighted by Crippen LogP contribution is -2.48. The maximum Gasteiger partial charge on any atom is 0.279 e. The molecule has 94 valence electrons.